The zero-order chi connectivity index (χ0) is 14.6. The summed E-state index contributed by atoms with van der Waals surface area (Å²) in [5, 5.41) is 0.590. The Labute approximate surface area is 125 Å². The summed E-state index contributed by atoms with van der Waals surface area (Å²) >= 11 is 6.05. The molecule has 0 atom stereocenters. The van der Waals surface area contributed by atoms with Crippen molar-refractivity contribution in [2.24, 2.45) is 5.41 Å². The van der Waals surface area contributed by atoms with Gasteiger partial charge in [0, 0.05) is 0 Å². The minimum absolute atomic E-state index is 0.0916. The van der Waals surface area contributed by atoms with Crippen LogP contribution in [0.25, 0.3) is 0 Å². The quantitative estimate of drug-likeness (QED) is 0.787. The fourth-order valence-corrected chi connectivity index (χ4v) is 3.30. The van der Waals surface area contributed by atoms with Gasteiger partial charge in [0.1, 0.15) is 5.75 Å². The van der Waals surface area contributed by atoms with Crippen LogP contribution in [0.15, 0.2) is 18.2 Å². The Kier molecular flexibility index (Phi) is 4.92. The molecular weight excluding hydrogens is 276 g/mol. The number of hydrogen-bond donors (Lipinski definition) is 0. The molecule has 3 nitrogen and oxygen atoms in total. The van der Waals surface area contributed by atoms with Crippen molar-refractivity contribution in [2.75, 3.05) is 14.2 Å². The lowest BCUT2D eigenvalue weighted by Crippen LogP contribution is -2.36. The van der Waals surface area contributed by atoms with E-state index in [1.54, 1.807) is 7.11 Å². The summed E-state index contributed by atoms with van der Waals surface area (Å²) in [6.45, 7) is 0. The molecule has 0 heterocycles. The number of ether oxygens (including phenoxy) is 2. The van der Waals surface area contributed by atoms with E-state index in [0.717, 1.165) is 31.2 Å². The highest BCUT2D eigenvalue weighted by atomic mass is 35.5. The molecule has 4 heteroatoms. The maximum Gasteiger partial charge on any atom is 0.312 e. The van der Waals surface area contributed by atoms with E-state index < -0.39 is 0 Å². The molecule has 1 fully saturated rings. The summed E-state index contributed by atoms with van der Waals surface area (Å²) < 4.78 is 10.3. The van der Waals surface area contributed by atoms with Gasteiger partial charge >= 0.3 is 5.97 Å². The topological polar surface area (TPSA) is 35.5 Å². The minimum Gasteiger partial charge on any atom is -0.495 e. The van der Waals surface area contributed by atoms with E-state index in [1.165, 1.54) is 13.5 Å². The molecule has 1 aromatic rings. The predicted molar refractivity (Wildman–Crippen MR) is 79.2 cm³/mol. The lowest BCUT2D eigenvalue weighted by Gasteiger charge is -2.34. The maximum absolute atomic E-state index is 12.2. The van der Waals surface area contributed by atoms with Crippen LogP contribution in [0, 0.1) is 5.41 Å². The molecular formula is C16H21ClO3. The first-order valence-corrected chi connectivity index (χ1v) is 7.40. The van der Waals surface area contributed by atoms with E-state index in [4.69, 9.17) is 21.1 Å². The third-order valence-corrected chi connectivity index (χ3v) is 4.50. The van der Waals surface area contributed by atoms with Gasteiger partial charge in [-0.05, 0) is 37.0 Å². The minimum atomic E-state index is -0.383. The molecule has 2 rings (SSSR count). The van der Waals surface area contributed by atoms with Crippen molar-refractivity contribution in [3.63, 3.8) is 0 Å². The molecule has 0 radical (unpaired) electrons. The molecule has 110 valence electrons. The van der Waals surface area contributed by atoms with Crippen LogP contribution in [-0.2, 0) is 16.0 Å². The first-order valence-electron chi connectivity index (χ1n) is 7.02. The lowest BCUT2D eigenvalue weighted by atomic mass is 9.70. The van der Waals surface area contributed by atoms with Gasteiger partial charge in [0.05, 0.1) is 24.7 Å². The molecule has 20 heavy (non-hydrogen) atoms. The fraction of sp³-hybridized carbons (Fsp3) is 0.562. The Morgan fingerprint density at radius 3 is 2.55 bits per heavy atom. The van der Waals surface area contributed by atoms with Crippen molar-refractivity contribution >= 4 is 17.6 Å². The van der Waals surface area contributed by atoms with Crippen molar-refractivity contribution in [3.05, 3.63) is 28.8 Å². The molecule has 0 aromatic heterocycles. The average Bonchev–Trinajstić information content (AvgIpc) is 2.49. The van der Waals surface area contributed by atoms with E-state index in [1.807, 2.05) is 18.2 Å². The molecule has 0 N–H and O–H groups in total. The molecule has 1 aromatic carbocycles. The summed E-state index contributed by atoms with van der Waals surface area (Å²) in [6, 6.07) is 5.70. The number of methoxy groups -OCH3 is 2. The standard InChI is InChI=1S/C16H21ClO3/c1-19-14-10-12(6-7-13(14)17)11-16(15(18)20-2)8-4-3-5-9-16/h6-7,10H,3-5,8-9,11H2,1-2H3. The van der Waals surface area contributed by atoms with Crippen LogP contribution in [0.2, 0.25) is 5.02 Å². The third-order valence-electron chi connectivity index (χ3n) is 4.19. The van der Waals surface area contributed by atoms with Crippen LogP contribution in [-0.4, -0.2) is 20.2 Å². The molecule has 0 saturated heterocycles. The number of rotatable bonds is 4. The van der Waals surface area contributed by atoms with Gasteiger partial charge in [-0.3, -0.25) is 4.79 Å². The smallest absolute Gasteiger partial charge is 0.312 e. The molecule has 1 aliphatic carbocycles. The van der Waals surface area contributed by atoms with Crippen LogP contribution in [0.3, 0.4) is 0 Å². The van der Waals surface area contributed by atoms with Crippen molar-refractivity contribution in [1.29, 1.82) is 0 Å². The Morgan fingerprint density at radius 2 is 1.95 bits per heavy atom. The van der Waals surface area contributed by atoms with Crippen molar-refractivity contribution in [3.8, 4) is 5.75 Å². The molecule has 0 amide bonds. The molecule has 1 saturated carbocycles. The first-order chi connectivity index (χ1) is 9.61. The second-order valence-electron chi connectivity index (χ2n) is 5.48. The highest BCUT2D eigenvalue weighted by Gasteiger charge is 2.40. The normalized spacial score (nSPS) is 17.6. The second kappa shape index (κ2) is 6.49. The fourth-order valence-electron chi connectivity index (χ4n) is 3.10. The highest BCUT2D eigenvalue weighted by Crippen LogP contribution is 2.41. The van der Waals surface area contributed by atoms with Gasteiger partial charge in [-0.2, -0.15) is 0 Å². The average molecular weight is 297 g/mol. The summed E-state index contributed by atoms with van der Waals surface area (Å²) in [7, 11) is 3.07. The van der Waals surface area contributed by atoms with Crippen molar-refractivity contribution in [2.45, 2.75) is 38.5 Å². The van der Waals surface area contributed by atoms with Gasteiger partial charge in [-0.25, -0.2) is 0 Å². The number of hydrogen-bond acceptors (Lipinski definition) is 3. The zero-order valence-corrected chi connectivity index (χ0v) is 12.8. The van der Waals surface area contributed by atoms with Gasteiger partial charge < -0.3 is 9.47 Å². The number of esters is 1. The third kappa shape index (κ3) is 3.09. The largest absolute Gasteiger partial charge is 0.495 e. The number of carbonyl (C=O) groups is 1. The van der Waals surface area contributed by atoms with E-state index in [2.05, 4.69) is 0 Å². The van der Waals surface area contributed by atoms with E-state index in [0.29, 0.717) is 17.2 Å². The lowest BCUT2D eigenvalue weighted by molar-refractivity contribution is -0.154. The van der Waals surface area contributed by atoms with Gasteiger partial charge in [0.15, 0.2) is 0 Å². The predicted octanol–water partition coefficient (Wildman–Crippen LogP) is 4.01. The monoisotopic (exact) mass is 296 g/mol. The Bertz CT molecular complexity index is 479. The molecule has 0 bridgehead atoms. The molecule has 0 spiro atoms. The Balaban J connectivity index is 2.25. The van der Waals surface area contributed by atoms with E-state index >= 15 is 0 Å². The Hall–Kier alpha value is -1.22. The molecule has 0 unspecified atom stereocenters. The molecule has 0 aliphatic heterocycles. The Morgan fingerprint density at radius 1 is 1.25 bits per heavy atom. The van der Waals surface area contributed by atoms with Gasteiger partial charge in [0.2, 0.25) is 0 Å². The number of halogens is 1. The summed E-state index contributed by atoms with van der Waals surface area (Å²) in [6.07, 6.45) is 5.84. The van der Waals surface area contributed by atoms with Crippen LogP contribution >= 0.6 is 11.6 Å². The zero-order valence-electron chi connectivity index (χ0n) is 12.1. The van der Waals surface area contributed by atoms with Crippen LogP contribution in [0.5, 0.6) is 5.75 Å². The highest BCUT2D eigenvalue weighted by molar-refractivity contribution is 6.32. The van der Waals surface area contributed by atoms with Crippen LogP contribution in [0.1, 0.15) is 37.7 Å². The second-order valence-corrected chi connectivity index (χ2v) is 5.89. The SMILES string of the molecule is COC(=O)C1(Cc2ccc(Cl)c(OC)c2)CCCCC1. The van der Waals surface area contributed by atoms with Gasteiger partial charge in [0.25, 0.3) is 0 Å². The number of benzene rings is 1. The summed E-state index contributed by atoms with van der Waals surface area (Å²) in [5.74, 6) is 0.561. The molecule has 1 aliphatic rings. The van der Waals surface area contributed by atoms with Crippen molar-refractivity contribution < 1.29 is 14.3 Å². The van der Waals surface area contributed by atoms with E-state index in [9.17, 15) is 4.79 Å². The van der Waals surface area contributed by atoms with Crippen molar-refractivity contribution in [1.82, 2.24) is 0 Å². The first kappa shape index (κ1) is 15.2. The van der Waals surface area contributed by atoms with Crippen LogP contribution in [0.4, 0.5) is 0 Å². The van der Waals surface area contributed by atoms with Crippen LogP contribution < -0.4 is 4.74 Å². The summed E-state index contributed by atoms with van der Waals surface area (Å²) in [4.78, 5) is 12.2. The summed E-state index contributed by atoms with van der Waals surface area (Å²) in [5.41, 5.74) is 0.685. The van der Waals surface area contributed by atoms with E-state index in [-0.39, 0.29) is 11.4 Å². The van der Waals surface area contributed by atoms with Gasteiger partial charge in [-0.1, -0.05) is 36.9 Å². The maximum atomic E-state index is 12.2. The number of carbonyl (C=O) groups excluding carboxylic acids is 1. The van der Waals surface area contributed by atoms with Gasteiger partial charge in [-0.15, -0.1) is 0 Å².